The maximum atomic E-state index is 9.70. The van der Waals surface area contributed by atoms with Crippen LogP contribution in [-0.2, 0) is 0 Å². The number of rotatable bonds is 6. The van der Waals surface area contributed by atoms with E-state index in [9.17, 15) is 5.11 Å². The molecule has 2 saturated carbocycles. The average Bonchev–Trinajstić information content (AvgIpc) is 2.82. The average molecular weight is 271 g/mol. The van der Waals surface area contributed by atoms with Crippen molar-refractivity contribution in [3.63, 3.8) is 0 Å². The highest BCUT2D eigenvalue weighted by Gasteiger charge is 2.39. The molecule has 2 unspecified atom stereocenters. The normalized spacial score (nSPS) is 34.0. The molecular weight excluding hydrogens is 242 g/mol. The van der Waals surface area contributed by atoms with E-state index in [0.29, 0.717) is 6.61 Å². The SMILES string of the molecule is CCCNC1(CO)CCC(SC2CCCCC2)C1. The molecular formula is C15H29NOS. The Morgan fingerprint density at radius 3 is 2.61 bits per heavy atom. The van der Waals surface area contributed by atoms with E-state index in [0.717, 1.165) is 29.9 Å². The predicted octanol–water partition coefficient (Wildman–Crippen LogP) is 3.34. The molecule has 0 amide bonds. The van der Waals surface area contributed by atoms with Gasteiger partial charge in [-0.1, -0.05) is 26.2 Å². The molecule has 18 heavy (non-hydrogen) atoms. The molecule has 0 aliphatic heterocycles. The summed E-state index contributed by atoms with van der Waals surface area (Å²) >= 11 is 2.23. The van der Waals surface area contributed by atoms with Crippen molar-refractivity contribution in [3.05, 3.63) is 0 Å². The molecule has 0 aromatic carbocycles. The monoisotopic (exact) mass is 271 g/mol. The molecule has 3 heteroatoms. The van der Waals surface area contributed by atoms with Crippen LogP contribution in [0.2, 0.25) is 0 Å². The van der Waals surface area contributed by atoms with Gasteiger partial charge in [0.2, 0.25) is 0 Å². The summed E-state index contributed by atoms with van der Waals surface area (Å²) < 4.78 is 0. The maximum absolute atomic E-state index is 9.70. The van der Waals surface area contributed by atoms with Gasteiger partial charge in [-0.15, -0.1) is 0 Å². The largest absolute Gasteiger partial charge is 0.394 e. The van der Waals surface area contributed by atoms with Crippen LogP contribution >= 0.6 is 11.8 Å². The third-order valence-corrected chi connectivity index (χ3v) is 6.20. The first kappa shape index (κ1) is 14.7. The Bertz CT molecular complexity index is 243. The summed E-state index contributed by atoms with van der Waals surface area (Å²) in [6.07, 6.45) is 11.9. The number of thioether (sulfide) groups is 1. The third kappa shape index (κ3) is 3.88. The summed E-state index contributed by atoms with van der Waals surface area (Å²) in [5, 5.41) is 15.0. The molecule has 2 rings (SSSR count). The Labute approximate surface area is 116 Å². The molecule has 2 nitrogen and oxygen atoms in total. The van der Waals surface area contributed by atoms with E-state index in [1.54, 1.807) is 0 Å². The fourth-order valence-electron chi connectivity index (χ4n) is 3.42. The first-order valence-corrected chi connectivity index (χ1v) is 8.73. The van der Waals surface area contributed by atoms with Crippen molar-refractivity contribution in [2.24, 2.45) is 0 Å². The van der Waals surface area contributed by atoms with Gasteiger partial charge in [-0.05, 0) is 45.1 Å². The van der Waals surface area contributed by atoms with Crippen molar-refractivity contribution >= 4 is 11.8 Å². The molecule has 0 aromatic rings. The lowest BCUT2D eigenvalue weighted by Gasteiger charge is -2.29. The highest BCUT2D eigenvalue weighted by atomic mass is 32.2. The lowest BCUT2D eigenvalue weighted by atomic mass is 9.99. The maximum Gasteiger partial charge on any atom is 0.0613 e. The van der Waals surface area contributed by atoms with Gasteiger partial charge < -0.3 is 10.4 Å². The predicted molar refractivity (Wildman–Crippen MR) is 80.2 cm³/mol. The number of nitrogens with one attached hydrogen (secondary N) is 1. The van der Waals surface area contributed by atoms with Gasteiger partial charge in [0.15, 0.2) is 0 Å². The third-order valence-electron chi connectivity index (χ3n) is 4.55. The zero-order valence-corrected chi connectivity index (χ0v) is 12.6. The smallest absolute Gasteiger partial charge is 0.0613 e. The van der Waals surface area contributed by atoms with Crippen molar-refractivity contribution in [1.82, 2.24) is 5.32 Å². The van der Waals surface area contributed by atoms with Gasteiger partial charge in [-0.2, -0.15) is 11.8 Å². The van der Waals surface area contributed by atoms with Gasteiger partial charge in [-0.25, -0.2) is 0 Å². The quantitative estimate of drug-likeness (QED) is 0.777. The highest BCUT2D eigenvalue weighted by molar-refractivity contribution is 8.00. The number of hydrogen-bond donors (Lipinski definition) is 2. The Kier molecular flexibility index (Phi) is 5.84. The van der Waals surface area contributed by atoms with Gasteiger partial charge in [0.1, 0.15) is 0 Å². The van der Waals surface area contributed by atoms with Crippen LogP contribution in [0.3, 0.4) is 0 Å². The van der Waals surface area contributed by atoms with Gasteiger partial charge in [-0.3, -0.25) is 0 Å². The van der Waals surface area contributed by atoms with Crippen LogP contribution in [0.25, 0.3) is 0 Å². The van der Waals surface area contributed by atoms with Gasteiger partial charge in [0.05, 0.1) is 6.61 Å². The van der Waals surface area contributed by atoms with E-state index in [2.05, 4.69) is 24.0 Å². The summed E-state index contributed by atoms with van der Waals surface area (Å²) in [5.41, 5.74) is 0.0440. The number of aliphatic hydroxyl groups is 1. The minimum atomic E-state index is 0.0440. The molecule has 0 heterocycles. The standard InChI is InChI=1S/C15H29NOS/c1-2-10-16-15(12-17)9-8-14(11-15)18-13-6-4-3-5-7-13/h13-14,16-17H,2-12H2,1H3. The zero-order chi connectivity index (χ0) is 12.8. The second-order valence-electron chi connectivity index (χ2n) is 6.13. The van der Waals surface area contributed by atoms with Crippen LogP contribution in [0.4, 0.5) is 0 Å². The first-order chi connectivity index (χ1) is 8.78. The number of hydrogen-bond acceptors (Lipinski definition) is 3. The van der Waals surface area contributed by atoms with Crippen LogP contribution in [-0.4, -0.2) is 34.3 Å². The highest BCUT2D eigenvalue weighted by Crippen LogP contribution is 2.41. The fourth-order valence-corrected chi connectivity index (χ4v) is 5.24. The van der Waals surface area contributed by atoms with Gasteiger partial charge in [0, 0.05) is 16.0 Å². The lowest BCUT2D eigenvalue weighted by molar-refractivity contribution is 0.165. The van der Waals surface area contributed by atoms with Crippen molar-refractivity contribution in [2.75, 3.05) is 13.2 Å². The molecule has 0 radical (unpaired) electrons. The summed E-state index contributed by atoms with van der Waals surface area (Å²) in [7, 11) is 0. The van der Waals surface area contributed by atoms with E-state index in [1.165, 1.54) is 44.9 Å². The Morgan fingerprint density at radius 2 is 1.94 bits per heavy atom. The molecule has 0 spiro atoms. The van der Waals surface area contributed by atoms with E-state index in [-0.39, 0.29) is 5.54 Å². The molecule has 106 valence electrons. The molecule has 2 fully saturated rings. The summed E-state index contributed by atoms with van der Waals surface area (Å²) in [4.78, 5) is 0. The van der Waals surface area contributed by atoms with Crippen molar-refractivity contribution < 1.29 is 5.11 Å². The Morgan fingerprint density at radius 1 is 1.17 bits per heavy atom. The molecule has 2 aliphatic rings. The zero-order valence-electron chi connectivity index (χ0n) is 11.8. The summed E-state index contributed by atoms with van der Waals surface area (Å²) in [6.45, 7) is 3.55. The molecule has 0 aromatic heterocycles. The van der Waals surface area contributed by atoms with Crippen LogP contribution in [0.5, 0.6) is 0 Å². The van der Waals surface area contributed by atoms with Gasteiger partial charge >= 0.3 is 0 Å². The molecule has 0 saturated heterocycles. The minimum absolute atomic E-state index is 0.0440. The van der Waals surface area contributed by atoms with Gasteiger partial charge in [0.25, 0.3) is 0 Å². The van der Waals surface area contributed by atoms with E-state index in [4.69, 9.17) is 0 Å². The number of aliphatic hydroxyl groups excluding tert-OH is 1. The topological polar surface area (TPSA) is 32.3 Å². The fraction of sp³-hybridized carbons (Fsp3) is 1.00. The van der Waals surface area contributed by atoms with Crippen LogP contribution in [0, 0.1) is 0 Å². The van der Waals surface area contributed by atoms with Crippen LogP contribution in [0.15, 0.2) is 0 Å². The molecule has 0 bridgehead atoms. The van der Waals surface area contributed by atoms with E-state index >= 15 is 0 Å². The second kappa shape index (κ2) is 7.16. The van der Waals surface area contributed by atoms with E-state index < -0.39 is 0 Å². The van der Waals surface area contributed by atoms with E-state index in [1.807, 2.05) is 0 Å². The van der Waals surface area contributed by atoms with Crippen molar-refractivity contribution in [2.45, 2.75) is 80.7 Å². The Balaban J connectivity index is 1.78. The van der Waals surface area contributed by atoms with Crippen LogP contribution in [0.1, 0.15) is 64.7 Å². The minimum Gasteiger partial charge on any atom is -0.394 e. The molecule has 2 N–H and O–H groups in total. The summed E-state index contributed by atoms with van der Waals surface area (Å²) in [5.74, 6) is 0. The lowest BCUT2D eigenvalue weighted by Crippen LogP contribution is -2.46. The first-order valence-electron chi connectivity index (χ1n) is 7.79. The summed E-state index contributed by atoms with van der Waals surface area (Å²) in [6, 6.07) is 0. The van der Waals surface area contributed by atoms with Crippen LogP contribution < -0.4 is 5.32 Å². The second-order valence-corrected chi connectivity index (χ2v) is 7.73. The molecule has 2 atom stereocenters. The molecule has 2 aliphatic carbocycles. The van der Waals surface area contributed by atoms with Crippen molar-refractivity contribution in [1.29, 1.82) is 0 Å². The van der Waals surface area contributed by atoms with Crippen molar-refractivity contribution in [3.8, 4) is 0 Å². The Hall–Kier alpha value is 0.270.